The Hall–Kier alpha value is -4.63. The van der Waals surface area contributed by atoms with Gasteiger partial charge in [-0.25, -0.2) is 5.43 Å². The number of hydrazone groups is 1. The third kappa shape index (κ3) is 5.37. The van der Waals surface area contributed by atoms with Crippen molar-refractivity contribution in [3.63, 3.8) is 0 Å². The Morgan fingerprint density at radius 2 is 1.68 bits per heavy atom. The van der Waals surface area contributed by atoms with Crippen LogP contribution >= 0.6 is 11.8 Å². The number of nitrogens with zero attached hydrogens (tertiary/aromatic N) is 4. The minimum atomic E-state index is -0.268. The Balaban J connectivity index is 1.34. The van der Waals surface area contributed by atoms with Crippen molar-refractivity contribution in [2.45, 2.75) is 5.16 Å². The Morgan fingerprint density at radius 3 is 2.45 bits per heavy atom. The molecule has 0 saturated carbocycles. The fraction of sp³-hybridized carbons (Fsp3) is 0.103. The van der Waals surface area contributed by atoms with Gasteiger partial charge in [-0.05, 0) is 41.1 Å². The lowest BCUT2D eigenvalue weighted by molar-refractivity contribution is -0.118. The van der Waals surface area contributed by atoms with Gasteiger partial charge in [0.2, 0.25) is 0 Å². The highest BCUT2D eigenvalue weighted by Gasteiger charge is 2.17. The predicted octanol–water partition coefficient (Wildman–Crippen LogP) is 5.35. The van der Waals surface area contributed by atoms with Crippen molar-refractivity contribution in [1.82, 2.24) is 20.2 Å². The van der Waals surface area contributed by atoms with Crippen molar-refractivity contribution in [3.05, 3.63) is 96.6 Å². The molecule has 9 heteroatoms. The number of hydrogen-bond acceptors (Lipinski definition) is 7. The number of amides is 1. The van der Waals surface area contributed by atoms with Gasteiger partial charge >= 0.3 is 0 Å². The van der Waals surface area contributed by atoms with Gasteiger partial charge in [0.25, 0.3) is 5.91 Å². The van der Waals surface area contributed by atoms with Gasteiger partial charge in [-0.15, -0.1) is 10.2 Å². The van der Waals surface area contributed by atoms with Gasteiger partial charge in [0.15, 0.2) is 11.0 Å². The highest BCUT2D eigenvalue weighted by Crippen LogP contribution is 2.29. The molecule has 38 heavy (non-hydrogen) atoms. The molecule has 0 saturated heterocycles. The molecule has 0 spiro atoms. The molecule has 0 unspecified atom stereocenters. The lowest BCUT2D eigenvalue weighted by Gasteiger charge is -2.11. The second-order valence-electron chi connectivity index (χ2n) is 8.19. The standard InChI is InChI=1S/C29H25N5O3S/c1-36-23-15-13-22(14-16-23)34-28(21-9-4-3-5-10-21)32-33-29(34)38-19-27(35)31-30-18-25-24-11-7-6-8-20(24)12-17-26(25)37-2/h3-18H,19H2,1-2H3,(H,31,35). The van der Waals surface area contributed by atoms with Crippen LogP contribution in [-0.4, -0.2) is 46.9 Å². The molecule has 4 aromatic carbocycles. The molecule has 0 fully saturated rings. The average Bonchev–Trinajstić information content (AvgIpc) is 3.40. The molecular formula is C29H25N5O3S. The van der Waals surface area contributed by atoms with E-state index in [9.17, 15) is 4.79 Å². The molecule has 1 N–H and O–H groups in total. The van der Waals surface area contributed by atoms with E-state index in [0.29, 0.717) is 16.7 Å². The molecule has 0 radical (unpaired) electrons. The summed E-state index contributed by atoms with van der Waals surface area (Å²) in [5, 5.41) is 15.6. The highest BCUT2D eigenvalue weighted by molar-refractivity contribution is 7.99. The first-order valence-corrected chi connectivity index (χ1v) is 12.8. The summed E-state index contributed by atoms with van der Waals surface area (Å²) in [6.45, 7) is 0. The van der Waals surface area contributed by atoms with E-state index >= 15 is 0 Å². The third-order valence-corrected chi connectivity index (χ3v) is 6.79. The maximum Gasteiger partial charge on any atom is 0.250 e. The fourth-order valence-corrected chi connectivity index (χ4v) is 4.76. The molecule has 1 amide bonds. The summed E-state index contributed by atoms with van der Waals surface area (Å²) >= 11 is 1.28. The summed E-state index contributed by atoms with van der Waals surface area (Å²) in [7, 11) is 3.24. The molecular weight excluding hydrogens is 498 g/mol. The van der Waals surface area contributed by atoms with E-state index in [-0.39, 0.29) is 11.7 Å². The molecule has 5 rings (SSSR count). The molecule has 190 valence electrons. The molecule has 1 aromatic heterocycles. The lowest BCUT2D eigenvalue weighted by Crippen LogP contribution is -2.20. The zero-order valence-electron chi connectivity index (χ0n) is 20.9. The van der Waals surface area contributed by atoms with Crippen LogP contribution in [0.5, 0.6) is 11.5 Å². The Morgan fingerprint density at radius 1 is 0.921 bits per heavy atom. The van der Waals surface area contributed by atoms with Crippen LogP contribution < -0.4 is 14.9 Å². The van der Waals surface area contributed by atoms with Gasteiger partial charge in [-0.3, -0.25) is 9.36 Å². The molecule has 0 aliphatic heterocycles. The summed E-state index contributed by atoms with van der Waals surface area (Å²) in [6.07, 6.45) is 1.61. The zero-order chi connectivity index (χ0) is 26.3. The second-order valence-corrected chi connectivity index (χ2v) is 9.13. The van der Waals surface area contributed by atoms with Crippen LogP contribution in [0.25, 0.3) is 27.8 Å². The van der Waals surface area contributed by atoms with E-state index in [4.69, 9.17) is 9.47 Å². The number of ether oxygens (including phenoxy) is 2. The van der Waals surface area contributed by atoms with Gasteiger partial charge in [0.1, 0.15) is 11.5 Å². The molecule has 0 atom stereocenters. The summed E-state index contributed by atoms with van der Waals surface area (Å²) in [6, 6.07) is 29.2. The van der Waals surface area contributed by atoms with E-state index in [0.717, 1.165) is 33.3 Å². The van der Waals surface area contributed by atoms with E-state index in [2.05, 4.69) is 20.7 Å². The normalized spacial score (nSPS) is 11.1. The number of carbonyl (C=O) groups is 1. The smallest absolute Gasteiger partial charge is 0.250 e. The monoisotopic (exact) mass is 523 g/mol. The number of rotatable bonds is 9. The van der Waals surface area contributed by atoms with Crippen molar-refractivity contribution >= 4 is 34.7 Å². The van der Waals surface area contributed by atoms with Crippen LogP contribution in [0.15, 0.2) is 101 Å². The summed E-state index contributed by atoms with van der Waals surface area (Å²) < 4.78 is 12.7. The second kappa shape index (κ2) is 11.6. The molecule has 1 heterocycles. The van der Waals surface area contributed by atoms with E-state index < -0.39 is 0 Å². The Bertz CT molecular complexity index is 1580. The number of aromatic nitrogens is 3. The van der Waals surface area contributed by atoms with Gasteiger partial charge in [0.05, 0.1) is 26.2 Å². The number of methoxy groups -OCH3 is 2. The molecule has 0 bridgehead atoms. The average molecular weight is 524 g/mol. The van der Waals surface area contributed by atoms with E-state index in [1.807, 2.05) is 95.6 Å². The molecule has 0 aliphatic rings. The van der Waals surface area contributed by atoms with Gasteiger partial charge < -0.3 is 9.47 Å². The first-order chi connectivity index (χ1) is 18.7. The highest BCUT2D eigenvalue weighted by atomic mass is 32.2. The minimum absolute atomic E-state index is 0.104. The van der Waals surface area contributed by atoms with Crippen LogP contribution in [0, 0.1) is 0 Å². The van der Waals surface area contributed by atoms with Gasteiger partial charge in [-0.2, -0.15) is 5.10 Å². The Kier molecular flexibility index (Phi) is 7.65. The first-order valence-electron chi connectivity index (χ1n) is 11.8. The largest absolute Gasteiger partial charge is 0.497 e. The minimum Gasteiger partial charge on any atom is -0.497 e. The molecule has 8 nitrogen and oxygen atoms in total. The van der Waals surface area contributed by atoms with Gasteiger partial charge in [-0.1, -0.05) is 72.4 Å². The SMILES string of the molecule is COc1ccc(-n2c(SCC(=O)NN=Cc3c(OC)ccc4ccccc34)nnc2-c2ccccc2)cc1. The number of carbonyl (C=O) groups excluding carboxylic acids is 1. The van der Waals surface area contributed by atoms with Gasteiger partial charge in [0, 0.05) is 16.8 Å². The van der Waals surface area contributed by atoms with Crippen LogP contribution in [0.1, 0.15) is 5.56 Å². The fourth-order valence-electron chi connectivity index (χ4n) is 4.02. The van der Waals surface area contributed by atoms with E-state index in [1.165, 1.54) is 11.8 Å². The van der Waals surface area contributed by atoms with Crippen molar-refractivity contribution in [2.24, 2.45) is 5.10 Å². The number of thioether (sulfide) groups is 1. The van der Waals surface area contributed by atoms with Crippen molar-refractivity contribution in [3.8, 4) is 28.6 Å². The number of benzene rings is 4. The van der Waals surface area contributed by atoms with Crippen LogP contribution in [0.3, 0.4) is 0 Å². The number of fused-ring (bicyclic) bond motifs is 1. The quantitative estimate of drug-likeness (QED) is 0.159. The van der Waals surface area contributed by atoms with Crippen molar-refractivity contribution < 1.29 is 14.3 Å². The van der Waals surface area contributed by atoms with E-state index in [1.54, 1.807) is 20.4 Å². The zero-order valence-corrected chi connectivity index (χ0v) is 21.7. The maximum absolute atomic E-state index is 12.7. The number of hydrogen-bond donors (Lipinski definition) is 1. The van der Waals surface area contributed by atoms with Crippen LogP contribution in [-0.2, 0) is 4.79 Å². The summed E-state index contributed by atoms with van der Waals surface area (Å²) in [5.74, 6) is 1.94. The summed E-state index contributed by atoms with van der Waals surface area (Å²) in [5.41, 5.74) is 5.18. The summed E-state index contributed by atoms with van der Waals surface area (Å²) in [4.78, 5) is 12.7. The maximum atomic E-state index is 12.7. The van der Waals surface area contributed by atoms with Crippen LogP contribution in [0.2, 0.25) is 0 Å². The molecule has 0 aliphatic carbocycles. The topological polar surface area (TPSA) is 90.6 Å². The molecule has 5 aromatic rings. The Labute approximate surface area is 224 Å². The first kappa shape index (κ1) is 25.0. The predicted molar refractivity (Wildman–Crippen MR) is 150 cm³/mol. The van der Waals surface area contributed by atoms with Crippen molar-refractivity contribution in [1.29, 1.82) is 0 Å². The van der Waals surface area contributed by atoms with Crippen LogP contribution in [0.4, 0.5) is 0 Å². The van der Waals surface area contributed by atoms with Crippen molar-refractivity contribution in [2.75, 3.05) is 20.0 Å². The number of nitrogens with one attached hydrogen (secondary N) is 1. The lowest BCUT2D eigenvalue weighted by atomic mass is 10.0. The third-order valence-electron chi connectivity index (χ3n) is 5.86.